The summed E-state index contributed by atoms with van der Waals surface area (Å²) in [4.78, 5) is 29.0. The van der Waals surface area contributed by atoms with Gasteiger partial charge in [-0.1, -0.05) is 0 Å². The van der Waals surface area contributed by atoms with E-state index in [-0.39, 0.29) is 23.1 Å². The van der Waals surface area contributed by atoms with Crippen LogP contribution in [0.15, 0.2) is 36.9 Å². The van der Waals surface area contributed by atoms with E-state index < -0.39 is 11.8 Å². The number of H-pyrrole nitrogens is 1. The first-order valence-corrected chi connectivity index (χ1v) is 9.14. The van der Waals surface area contributed by atoms with Crippen molar-refractivity contribution in [2.75, 3.05) is 5.32 Å². The van der Waals surface area contributed by atoms with E-state index in [9.17, 15) is 9.59 Å². The number of nitrogens with one attached hydrogen (secondary N) is 2. The maximum atomic E-state index is 12.8. The summed E-state index contributed by atoms with van der Waals surface area (Å²) in [7, 11) is 0. The van der Waals surface area contributed by atoms with Gasteiger partial charge in [0, 0.05) is 18.6 Å². The largest absolute Gasteiger partial charge is 0.364 e. The number of hydrogen-bond acceptors (Lipinski definition) is 6. The van der Waals surface area contributed by atoms with Crippen LogP contribution in [0.3, 0.4) is 0 Å². The number of rotatable bonds is 5. The molecular weight excluding hydrogens is 374 g/mol. The summed E-state index contributed by atoms with van der Waals surface area (Å²) in [5, 5.41) is 18.0. The molecule has 0 saturated heterocycles. The van der Waals surface area contributed by atoms with Gasteiger partial charge in [0.05, 0.1) is 29.2 Å². The number of nitrogens with two attached hydrogens (primary N) is 1. The fourth-order valence-corrected chi connectivity index (χ4v) is 3.28. The van der Waals surface area contributed by atoms with Gasteiger partial charge in [-0.15, -0.1) is 0 Å². The van der Waals surface area contributed by atoms with E-state index in [0.717, 1.165) is 25.0 Å². The van der Waals surface area contributed by atoms with Gasteiger partial charge in [0.1, 0.15) is 5.69 Å². The monoisotopic (exact) mass is 391 g/mol. The van der Waals surface area contributed by atoms with Gasteiger partial charge in [0.25, 0.3) is 11.8 Å². The van der Waals surface area contributed by atoms with E-state index in [4.69, 9.17) is 5.73 Å². The van der Waals surface area contributed by atoms with Crippen molar-refractivity contribution in [1.29, 1.82) is 0 Å². The van der Waals surface area contributed by atoms with Gasteiger partial charge in [-0.05, 0) is 31.4 Å². The molecule has 1 fully saturated rings. The topological polar surface area (TPSA) is 149 Å². The second-order valence-electron chi connectivity index (χ2n) is 6.88. The Morgan fingerprint density at radius 1 is 1.28 bits per heavy atom. The van der Waals surface area contributed by atoms with E-state index in [1.165, 1.54) is 0 Å². The minimum atomic E-state index is -0.695. The zero-order valence-electron chi connectivity index (χ0n) is 15.2. The van der Waals surface area contributed by atoms with E-state index >= 15 is 0 Å². The quantitative estimate of drug-likeness (QED) is 0.468. The zero-order chi connectivity index (χ0) is 20.0. The molecule has 146 valence electrons. The smallest absolute Gasteiger partial charge is 0.274 e. The first kappa shape index (κ1) is 17.1. The fourth-order valence-electron chi connectivity index (χ4n) is 3.28. The summed E-state index contributed by atoms with van der Waals surface area (Å²) >= 11 is 0. The highest BCUT2D eigenvalue weighted by molar-refractivity contribution is 6.07. The standard InChI is InChI=1S/C18H17N9O2/c19-16(28)15-14(9-27(25-15)10-2-1-3-10)23-18(29)13-5-7-26-17(22-13)11(8-21-26)12-4-6-20-24-12/h4-10H,1-3H2,(H2,19,28)(H,20,24)(H,23,29). The summed E-state index contributed by atoms with van der Waals surface area (Å²) < 4.78 is 3.26. The molecule has 0 aliphatic heterocycles. The van der Waals surface area contributed by atoms with Crippen LogP contribution in [0.4, 0.5) is 5.69 Å². The number of nitrogens with zero attached hydrogens (tertiary/aromatic N) is 6. The number of fused-ring (bicyclic) bond motifs is 1. The minimum absolute atomic E-state index is 0.0360. The van der Waals surface area contributed by atoms with E-state index in [1.54, 1.807) is 46.1 Å². The number of carbonyl (C=O) groups excluding carboxylic acids is 2. The molecule has 0 radical (unpaired) electrons. The third-order valence-corrected chi connectivity index (χ3v) is 5.06. The van der Waals surface area contributed by atoms with Gasteiger partial charge >= 0.3 is 0 Å². The lowest BCUT2D eigenvalue weighted by Gasteiger charge is -2.25. The summed E-state index contributed by atoms with van der Waals surface area (Å²) in [6, 6.07) is 3.57. The number of amides is 2. The summed E-state index contributed by atoms with van der Waals surface area (Å²) in [5.41, 5.74) is 7.87. The number of hydrogen-bond donors (Lipinski definition) is 3. The predicted molar refractivity (Wildman–Crippen MR) is 102 cm³/mol. The van der Waals surface area contributed by atoms with Crippen LogP contribution in [-0.4, -0.2) is 46.4 Å². The molecule has 1 aliphatic rings. The molecule has 0 aromatic carbocycles. The predicted octanol–water partition coefficient (Wildman–Crippen LogP) is 1.39. The molecule has 4 heterocycles. The van der Waals surface area contributed by atoms with Crippen molar-refractivity contribution in [1.82, 2.24) is 34.6 Å². The molecule has 11 heteroatoms. The molecule has 2 amide bonds. The Morgan fingerprint density at radius 3 is 2.83 bits per heavy atom. The Morgan fingerprint density at radius 2 is 2.14 bits per heavy atom. The van der Waals surface area contributed by atoms with Crippen LogP contribution in [0.5, 0.6) is 0 Å². The highest BCUT2D eigenvalue weighted by Gasteiger charge is 2.25. The maximum absolute atomic E-state index is 12.8. The first-order chi connectivity index (χ1) is 14.1. The molecule has 5 rings (SSSR count). The Balaban J connectivity index is 1.46. The molecule has 1 aliphatic carbocycles. The molecule has 29 heavy (non-hydrogen) atoms. The lowest BCUT2D eigenvalue weighted by molar-refractivity contribution is 0.0994. The van der Waals surface area contributed by atoms with E-state index in [2.05, 4.69) is 30.7 Å². The first-order valence-electron chi connectivity index (χ1n) is 9.14. The van der Waals surface area contributed by atoms with Crippen molar-refractivity contribution in [3.8, 4) is 11.3 Å². The SMILES string of the molecule is NC(=O)c1nn(C2CCC2)cc1NC(=O)c1ccn2ncc(-c3ccn[nH]3)c2n1. The normalized spacial score (nSPS) is 14.1. The molecular formula is C18H17N9O2. The molecule has 0 atom stereocenters. The maximum Gasteiger partial charge on any atom is 0.274 e. The van der Waals surface area contributed by atoms with Crippen LogP contribution in [0.25, 0.3) is 16.9 Å². The Hall–Kier alpha value is -4.02. The highest BCUT2D eigenvalue weighted by atomic mass is 16.2. The van der Waals surface area contributed by atoms with Crippen molar-refractivity contribution < 1.29 is 9.59 Å². The van der Waals surface area contributed by atoms with Gasteiger partial charge in [-0.2, -0.15) is 15.3 Å². The Bertz CT molecular complexity index is 1220. The van der Waals surface area contributed by atoms with Gasteiger partial charge in [-0.3, -0.25) is 19.4 Å². The number of anilines is 1. The van der Waals surface area contributed by atoms with Crippen molar-refractivity contribution in [2.45, 2.75) is 25.3 Å². The molecule has 0 bridgehead atoms. The fraction of sp³-hybridized carbons (Fsp3) is 0.222. The number of aromatic nitrogens is 7. The van der Waals surface area contributed by atoms with E-state index in [1.807, 2.05) is 0 Å². The van der Waals surface area contributed by atoms with Crippen LogP contribution in [-0.2, 0) is 0 Å². The van der Waals surface area contributed by atoms with Crippen LogP contribution in [0.2, 0.25) is 0 Å². The number of aromatic amines is 1. The Labute approximate surface area is 163 Å². The summed E-state index contributed by atoms with van der Waals surface area (Å²) in [5.74, 6) is -1.17. The average molecular weight is 391 g/mol. The third-order valence-electron chi connectivity index (χ3n) is 5.06. The van der Waals surface area contributed by atoms with Gasteiger partial charge in [0.15, 0.2) is 11.3 Å². The van der Waals surface area contributed by atoms with Gasteiger partial charge in [-0.25, -0.2) is 9.50 Å². The number of primary amides is 1. The molecule has 0 unspecified atom stereocenters. The third kappa shape index (κ3) is 2.92. The lowest BCUT2D eigenvalue weighted by Crippen LogP contribution is -2.20. The van der Waals surface area contributed by atoms with Gasteiger partial charge in [0.2, 0.25) is 0 Å². The van der Waals surface area contributed by atoms with Crippen molar-refractivity contribution in [2.24, 2.45) is 5.73 Å². The number of carbonyl (C=O) groups is 2. The van der Waals surface area contributed by atoms with Crippen LogP contribution in [0, 0.1) is 0 Å². The molecule has 4 N–H and O–H groups in total. The molecule has 4 aromatic heterocycles. The highest BCUT2D eigenvalue weighted by Crippen LogP contribution is 2.32. The molecule has 1 saturated carbocycles. The molecule has 4 aromatic rings. The van der Waals surface area contributed by atoms with Crippen LogP contribution < -0.4 is 11.1 Å². The Kier molecular flexibility index (Phi) is 3.86. The summed E-state index contributed by atoms with van der Waals surface area (Å²) in [6.07, 6.45) is 9.66. The van der Waals surface area contributed by atoms with Crippen molar-refractivity contribution in [3.05, 3.63) is 48.3 Å². The van der Waals surface area contributed by atoms with Crippen LogP contribution >= 0.6 is 0 Å². The summed E-state index contributed by atoms with van der Waals surface area (Å²) in [6.45, 7) is 0. The van der Waals surface area contributed by atoms with E-state index in [0.29, 0.717) is 11.2 Å². The van der Waals surface area contributed by atoms with Crippen molar-refractivity contribution >= 4 is 23.1 Å². The zero-order valence-corrected chi connectivity index (χ0v) is 15.2. The minimum Gasteiger partial charge on any atom is -0.364 e. The second kappa shape index (κ2) is 6.55. The van der Waals surface area contributed by atoms with Crippen LogP contribution in [0.1, 0.15) is 46.3 Å². The van der Waals surface area contributed by atoms with Gasteiger partial charge < -0.3 is 11.1 Å². The lowest BCUT2D eigenvalue weighted by atomic mass is 9.93. The molecule has 11 nitrogen and oxygen atoms in total. The second-order valence-corrected chi connectivity index (χ2v) is 6.88. The molecule has 0 spiro atoms. The van der Waals surface area contributed by atoms with Crippen molar-refractivity contribution in [3.63, 3.8) is 0 Å². The average Bonchev–Trinajstić information content (AvgIpc) is 3.38.